The number of nitrogens with one attached hydrogen (secondary N) is 1. The van der Waals surface area contributed by atoms with E-state index in [0.29, 0.717) is 10.6 Å². The van der Waals surface area contributed by atoms with Gasteiger partial charge in [0, 0.05) is 16.9 Å². The van der Waals surface area contributed by atoms with E-state index < -0.39 is 0 Å². The molecule has 7 heteroatoms. The monoisotopic (exact) mass is 298 g/mol. The summed E-state index contributed by atoms with van der Waals surface area (Å²) >= 11 is 8.94. The summed E-state index contributed by atoms with van der Waals surface area (Å²) in [5.41, 5.74) is 5.96. The molecule has 0 saturated heterocycles. The number of benzene rings is 1. The molecule has 2 aromatic rings. The number of amidine groups is 1. The van der Waals surface area contributed by atoms with Gasteiger partial charge in [0.25, 0.3) is 0 Å². The second-order valence-electron chi connectivity index (χ2n) is 3.49. The highest BCUT2D eigenvalue weighted by Gasteiger charge is 2.08. The summed E-state index contributed by atoms with van der Waals surface area (Å²) in [7, 11) is 0. The predicted octanol–water partition coefficient (Wildman–Crippen LogP) is 3.19. The van der Waals surface area contributed by atoms with Crippen LogP contribution in [-0.2, 0) is 6.42 Å². The largest absolute Gasteiger partial charge is 0.384 e. The van der Waals surface area contributed by atoms with Crippen molar-refractivity contribution >= 4 is 40.7 Å². The van der Waals surface area contributed by atoms with Crippen molar-refractivity contribution in [2.75, 3.05) is 0 Å². The van der Waals surface area contributed by atoms with E-state index in [1.807, 2.05) is 13.0 Å². The van der Waals surface area contributed by atoms with E-state index in [-0.39, 0.29) is 5.84 Å². The number of nitrogens with two attached hydrogens (primary N) is 1. The highest BCUT2D eigenvalue weighted by molar-refractivity contribution is 8.01. The number of hydrogen-bond acceptors (Lipinski definition) is 5. The SMILES string of the molecule is CCc1nsc(Sc2ccc(C(=N)N)c(Cl)c2)n1. The fraction of sp³-hybridized carbons (Fsp3) is 0.182. The van der Waals surface area contributed by atoms with Crippen molar-refractivity contribution in [2.45, 2.75) is 22.6 Å². The van der Waals surface area contributed by atoms with Gasteiger partial charge in [-0.2, -0.15) is 4.37 Å². The molecular formula is C11H11ClN4S2. The molecular weight excluding hydrogens is 288 g/mol. The second kappa shape index (κ2) is 5.69. The number of aromatic nitrogens is 2. The van der Waals surface area contributed by atoms with E-state index >= 15 is 0 Å². The first kappa shape index (κ1) is 13.3. The van der Waals surface area contributed by atoms with Crippen LogP contribution in [0.2, 0.25) is 5.02 Å². The Morgan fingerprint density at radius 2 is 2.33 bits per heavy atom. The predicted molar refractivity (Wildman–Crippen MR) is 75.9 cm³/mol. The van der Waals surface area contributed by atoms with Crippen LogP contribution >= 0.6 is 34.9 Å². The Morgan fingerprint density at radius 3 is 2.89 bits per heavy atom. The Morgan fingerprint density at radius 1 is 1.56 bits per heavy atom. The Kier molecular flexibility index (Phi) is 4.21. The zero-order valence-electron chi connectivity index (χ0n) is 9.61. The van der Waals surface area contributed by atoms with Crippen LogP contribution in [0.25, 0.3) is 0 Å². The summed E-state index contributed by atoms with van der Waals surface area (Å²) in [6.07, 6.45) is 0.834. The van der Waals surface area contributed by atoms with Crippen LogP contribution in [-0.4, -0.2) is 15.2 Å². The molecule has 0 bridgehead atoms. The van der Waals surface area contributed by atoms with Crippen molar-refractivity contribution in [1.29, 1.82) is 5.41 Å². The first-order valence-electron chi connectivity index (χ1n) is 5.24. The van der Waals surface area contributed by atoms with E-state index in [1.54, 1.807) is 12.1 Å². The first-order chi connectivity index (χ1) is 8.60. The van der Waals surface area contributed by atoms with Gasteiger partial charge in [-0.3, -0.25) is 5.41 Å². The van der Waals surface area contributed by atoms with Crippen LogP contribution < -0.4 is 5.73 Å². The molecule has 94 valence electrons. The lowest BCUT2D eigenvalue weighted by Gasteiger charge is -2.03. The highest BCUT2D eigenvalue weighted by atomic mass is 35.5. The summed E-state index contributed by atoms with van der Waals surface area (Å²) in [4.78, 5) is 5.33. The summed E-state index contributed by atoms with van der Waals surface area (Å²) in [5.74, 6) is 0.828. The minimum absolute atomic E-state index is 0.0271. The number of nitrogen functional groups attached to an aromatic ring is 1. The Balaban J connectivity index is 2.19. The third-order valence-electron chi connectivity index (χ3n) is 2.20. The third-order valence-corrected chi connectivity index (χ3v) is 4.29. The summed E-state index contributed by atoms with van der Waals surface area (Å²) in [6, 6.07) is 5.41. The molecule has 0 radical (unpaired) electrons. The van der Waals surface area contributed by atoms with Gasteiger partial charge < -0.3 is 5.73 Å². The fourth-order valence-corrected chi connectivity index (χ4v) is 3.36. The Hall–Kier alpha value is -1.11. The molecule has 18 heavy (non-hydrogen) atoms. The number of halogens is 1. The molecule has 0 fully saturated rings. The lowest BCUT2D eigenvalue weighted by atomic mass is 10.2. The van der Waals surface area contributed by atoms with E-state index in [0.717, 1.165) is 21.5 Å². The molecule has 0 atom stereocenters. The molecule has 0 amide bonds. The van der Waals surface area contributed by atoms with E-state index in [2.05, 4.69) is 9.36 Å². The number of hydrogen-bond donors (Lipinski definition) is 2. The van der Waals surface area contributed by atoms with Gasteiger partial charge in [0.2, 0.25) is 0 Å². The number of nitrogens with zero attached hydrogens (tertiary/aromatic N) is 2. The second-order valence-corrected chi connectivity index (χ2v) is 5.97. The molecule has 1 aromatic carbocycles. The molecule has 4 nitrogen and oxygen atoms in total. The van der Waals surface area contributed by atoms with Crippen LogP contribution in [0.1, 0.15) is 18.3 Å². The minimum atomic E-state index is -0.0271. The molecule has 0 aliphatic rings. The van der Waals surface area contributed by atoms with Gasteiger partial charge in [0.05, 0.1) is 5.02 Å². The Bertz CT molecular complexity index is 582. The van der Waals surface area contributed by atoms with Gasteiger partial charge in [-0.05, 0) is 29.7 Å². The molecule has 0 aliphatic carbocycles. The topological polar surface area (TPSA) is 75.7 Å². The van der Waals surface area contributed by atoms with Crippen LogP contribution in [0.4, 0.5) is 0 Å². The Labute approximate surface area is 118 Å². The maximum absolute atomic E-state index is 7.36. The normalized spacial score (nSPS) is 10.6. The lowest BCUT2D eigenvalue weighted by Crippen LogP contribution is -2.11. The zero-order chi connectivity index (χ0) is 13.1. The van der Waals surface area contributed by atoms with Crippen molar-refractivity contribution in [1.82, 2.24) is 9.36 Å². The standard InChI is InChI=1S/C11H11ClN4S2/c1-2-9-15-11(18-16-9)17-6-3-4-7(10(13)14)8(12)5-6/h3-5H,2H2,1H3,(H3,13,14). The van der Waals surface area contributed by atoms with Crippen LogP contribution in [0.15, 0.2) is 27.4 Å². The van der Waals surface area contributed by atoms with E-state index in [4.69, 9.17) is 22.7 Å². The molecule has 3 N–H and O–H groups in total. The molecule has 0 saturated carbocycles. The van der Waals surface area contributed by atoms with Gasteiger partial charge in [-0.25, -0.2) is 4.98 Å². The van der Waals surface area contributed by atoms with E-state index in [1.165, 1.54) is 23.3 Å². The summed E-state index contributed by atoms with van der Waals surface area (Å²) in [6.45, 7) is 2.02. The maximum Gasteiger partial charge on any atom is 0.174 e. The van der Waals surface area contributed by atoms with Gasteiger partial charge in [0.15, 0.2) is 4.34 Å². The molecule has 2 rings (SSSR count). The average molecular weight is 299 g/mol. The maximum atomic E-state index is 7.36. The number of rotatable bonds is 4. The molecule has 0 aliphatic heterocycles. The minimum Gasteiger partial charge on any atom is -0.384 e. The van der Waals surface area contributed by atoms with Crippen LogP contribution in [0.5, 0.6) is 0 Å². The summed E-state index contributed by atoms with van der Waals surface area (Å²) < 4.78 is 5.11. The van der Waals surface area contributed by atoms with Gasteiger partial charge >= 0.3 is 0 Å². The van der Waals surface area contributed by atoms with Gasteiger partial charge in [-0.15, -0.1) is 0 Å². The average Bonchev–Trinajstić information content (AvgIpc) is 2.76. The van der Waals surface area contributed by atoms with Crippen molar-refractivity contribution in [3.05, 3.63) is 34.6 Å². The zero-order valence-corrected chi connectivity index (χ0v) is 12.0. The first-order valence-corrected chi connectivity index (χ1v) is 7.21. The fourth-order valence-electron chi connectivity index (χ4n) is 1.30. The molecule has 1 aromatic heterocycles. The smallest absolute Gasteiger partial charge is 0.174 e. The molecule has 1 heterocycles. The summed E-state index contributed by atoms with van der Waals surface area (Å²) in [5, 5.41) is 7.84. The third kappa shape index (κ3) is 3.01. The van der Waals surface area contributed by atoms with Gasteiger partial charge in [-0.1, -0.05) is 30.3 Å². The quantitative estimate of drug-likeness (QED) is 0.671. The highest BCUT2D eigenvalue weighted by Crippen LogP contribution is 2.31. The lowest BCUT2D eigenvalue weighted by molar-refractivity contribution is 0.971. The van der Waals surface area contributed by atoms with Crippen LogP contribution in [0.3, 0.4) is 0 Å². The molecule has 0 spiro atoms. The van der Waals surface area contributed by atoms with Crippen molar-refractivity contribution in [3.63, 3.8) is 0 Å². The molecule has 0 unspecified atom stereocenters. The van der Waals surface area contributed by atoms with Crippen LogP contribution in [0, 0.1) is 5.41 Å². The van der Waals surface area contributed by atoms with E-state index in [9.17, 15) is 0 Å². The van der Waals surface area contributed by atoms with Crippen molar-refractivity contribution < 1.29 is 0 Å². The van der Waals surface area contributed by atoms with Crippen molar-refractivity contribution in [3.8, 4) is 0 Å². The number of aryl methyl sites for hydroxylation is 1. The van der Waals surface area contributed by atoms with Gasteiger partial charge in [0.1, 0.15) is 11.7 Å². The van der Waals surface area contributed by atoms with Crippen molar-refractivity contribution in [2.24, 2.45) is 5.73 Å².